The third kappa shape index (κ3) is 7.33. The van der Waals surface area contributed by atoms with E-state index >= 15 is 0 Å². The van der Waals surface area contributed by atoms with Crippen molar-refractivity contribution in [1.82, 2.24) is 5.32 Å². The molecule has 0 fully saturated rings. The van der Waals surface area contributed by atoms with E-state index in [1.165, 1.54) is 27.8 Å². The van der Waals surface area contributed by atoms with Crippen molar-refractivity contribution < 1.29 is 15.3 Å². The van der Waals surface area contributed by atoms with E-state index in [0.717, 1.165) is 67.4 Å². The van der Waals surface area contributed by atoms with Gasteiger partial charge in [0.2, 0.25) is 0 Å². The molecule has 3 aromatic rings. The molecule has 4 heteroatoms. The molecule has 0 atom stereocenters. The summed E-state index contributed by atoms with van der Waals surface area (Å²) in [4.78, 5) is 0. The topological polar surface area (TPSA) is 72.7 Å². The third-order valence-electron chi connectivity index (χ3n) is 7.94. The molecule has 0 bridgehead atoms. The zero-order chi connectivity index (χ0) is 27.5. The van der Waals surface area contributed by atoms with E-state index in [1.54, 1.807) is 0 Å². The molecule has 0 aromatic heterocycles. The lowest BCUT2D eigenvalue weighted by molar-refractivity contribution is 0.0283. The number of rotatable bonds is 15. The maximum Gasteiger partial charge on any atom is 0.0891 e. The Morgan fingerprint density at radius 2 is 1.39 bits per heavy atom. The number of aliphatic hydroxyl groups excluding tert-OH is 2. The molecule has 3 aromatic carbocycles. The fourth-order valence-electron chi connectivity index (χ4n) is 5.36. The van der Waals surface area contributed by atoms with E-state index in [2.05, 4.69) is 69.4 Å². The summed E-state index contributed by atoms with van der Waals surface area (Å²) < 4.78 is 0. The molecule has 0 saturated heterocycles. The van der Waals surface area contributed by atoms with Crippen LogP contribution in [0.1, 0.15) is 92.3 Å². The van der Waals surface area contributed by atoms with Gasteiger partial charge in [-0.25, -0.2) is 0 Å². The Kier molecular flexibility index (Phi) is 11.5. The summed E-state index contributed by atoms with van der Waals surface area (Å²) in [5.74, 6) is 0. The van der Waals surface area contributed by atoms with Crippen LogP contribution in [0.3, 0.4) is 0 Å². The van der Waals surface area contributed by atoms with Gasteiger partial charge in [-0.15, -0.1) is 0 Å². The van der Waals surface area contributed by atoms with Gasteiger partial charge in [0.25, 0.3) is 0 Å². The predicted molar refractivity (Wildman–Crippen MR) is 158 cm³/mol. The Balaban J connectivity index is 1.72. The van der Waals surface area contributed by atoms with Gasteiger partial charge in [-0.05, 0) is 95.1 Å². The Morgan fingerprint density at radius 3 is 2.05 bits per heavy atom. The lowest BCUT2D eigenvalue weighted by atomic mass is 9.83. The molecule has 0 aliphatic rings. The number of benzene rings is 3. The Morgan fingerprint density at radius 1 is 0.684 bits per heavy atom. The second-order valence-electron chi connectivity index (χ2n) is 10.4. The summed E-state index contributed by atoms with van der Waals surface area (Å²) in [6.45, 7) is 10.1. The third-order valence-corrected chi connectivity index (χ3v) is 7.94. The number of aliphatic hydroxyl groups is 3. The van der Waals surface area contributed by atoms with Crippen molar-refractivity contribution in [3.8, 4) is 11.1 Å². The van der Waals surface area contributed by atoms with Gasteiger partial charge in [0.15, 0.2) is 0 Å². The van der Waals surface area contributed by atoms with Crippen LogP contribution in [0.25, 0.3) is 11.1 Å². The standard InChI is InChI=1S/C34H47NO3/c1-5-10-28-21-31(34(38,7-3)8-4)16-17-32(28)33-20-25(12-14-27(33)6-2)11-9-18-35-22-26-13-15-29(23-36)30(19-26)24-37/h12-17,19-21,35-38H,5-11,18,22-24H2,1-4H3. The minimum atomic E-state index is -0.760. The van der Waals surface area contributed by atoms with E-state index in [9.17, 15) is 15.3 Å². The van der Waals surface area contributed by atoms with Crippen LogP contribution >= 0.6 is 0 Å². The van der Waals surface area contributed by atoms with E-state index < -0.39 is 5.60 Å². The molecule has 4 nitrogen and oxygen atoms in total. The molecule has 4 N–H and O–H groups in total. The number of hydrogen-bond acceptors (Lipinski definition) is 4. The summed E-state index contributed by atoms with van der Waals surface area (Å²) >= 11 is 0. The molecule has 0 unspecified atom stereocenters. The van der Waals surface area contributed by atoms with E-state index in [0.29, 0.717) is 12.8 Å². The zero-order valence-electron chi connectivity index (χ0n) is 23.8. The van der Waals surface area contributed by atoms with Gasteiger partial charge in [-0.1, -0.05) is 88.7 Å². The van der Waals surface area contributed by atoms with Gasteiger partial charge >= 0.3 is 0 Å². The van der Waals surface area contributed by atoms with Gasteiger partial charge < -0.3 is 20.6 Å². The molecule has 3 rings (SSSR count). The van der Waals surface area contributed by atoms with Gasteiger partial charge in [-0.2, -0.15) is 0 Å². The molecule has 206 valence electrons. The molecule has 0 amide bonds. The second kappa shape index (κ2) is 14.6. The largest absolute Gasteiger partial charge is 0.392 e. The first kappa shape index (κ1) is 30.0. The zero-order valence-corrected chi connectivity index (χ0v) is 23.8. The first-order valence-corrected chi connectivity index (χ1v) is 14.4. The predicted octanol–water partition coefficient (Wildman–Crippen LogP) is 6.58. The summed E-state index contributed by atoms with van der Waals surface area (Å²) in [5.41, 5.74) is 9.63. The average molecular weight is 518 g/mol. The van der Waals surface area contributed by atoms with Crippen molar-refractivity contribution in [2.45, 2.75) is 98.0 Å². The second-order valence-corrected chi connectivity index (χ2v) is 10.4. The minimum Gasteiger partial charge on any atom is -0.392 e. The molecule has 0 aliphatic heterocycles. The minimum absolute atomic E-state index is 0.0494. The first-order chi connectivity index (χ1) is 18.4. The molecule has 0 heterocycles. The molecule has 38 heavy (non-hydrogen) atoms. The van der Waals surface area contributed by atoms with E-state index in [-0.39, 0.29) is 13.2 Å². The van der Waals surface area contributed by atoms with E-state index in [1.807, 2.05) is 18.2 Å². The molecule has 0 radical (unpaired) electrons. The Bertz CT molecular complexity index is 1170. The quantitative estimate of drug-likeness (QED) is 0.172. The van der Waals surface area contributed by atoms with Crippen LogP contribution in [-0.2, 0) is 44.6 Å². The number of hydrogen-bond donors (Lipinski definition) is 4. The fraction of sp³-hybridized carbons (Fsp3) is 0.471. The molecular formula is C34H47NO3. The van der Waals surface area contributed by atoms with Crippen LogP contribution in [0.15, 0.2) is 54.6 Å². The highest BCUT2D eigenvalue weighted by Crippen LogP contribution is 2.35. The SMILES string of the molecule is CCCc1cc(C(O)(CC)CC)ccc1-c1cc(CCCNCc2ccc(CO)c(CO)c2)ccc1CC. The highest BCUT2D eigenvalue weighted by atomic mass is 16.3. The number of nitrogens with one attached hydrogen (secondary N) is 1. The highest BCUT2D eigenvalue weighted by Gasteiger charge is 2.25. The van der Waals surface area contributed by atoms with Gasteiger partial charge in [-0.3, -0.25) is 0 Å². The summed E-state index contributed by atoms with van der Waals surface area (Å²) in [5, 5.41) is 33.6. The van der Waals surface area contributed by atoms with Crippen LogP contribution in [0.2, 0.25) is 0 Å². The lowest BCUT2D eigenvalue weighted by Crippen LogP contribution is -2.23. The molecule has 0 spiro atoms. The smallest absolute Gasteiger partial charge is 0.0891 e. The van der Waals surface area contributed by atoms with E-state index in [4.69, 9.17) is 0 Å². The van der Waals surface area contributed by atoms with Crippen LogP contribution in [0.5, 0.6) is 0 Å². The van der Waals surface area contributed by atoms with Crippen molar-refractivity contribution in [3.05, 3.63) is 93.5 Å². The average Bonchev–Trinajstić information content (AvgIpc) is 2.96. The van der Waals surface area contributed by atoms with Crippen LogP contribution in [0.4, 0.5) is 0 Å². The molecule has 0 aliphatic carbocycles. The lowest BCUT2D eigenvalue weighted by Gasteiger charge is -2.27. The van der Waals surface area contributed by atoms with Gasteiger partial charge in [0.1, 0.15) is 0 Å². The van der Waals surface area contributed by atoms with Crippen molar-refractivity contribution in [3.63, 3.8) is 0 Å². The fourth-order valence-corrected chi connectivity index (χ4v) is 5.36. The van der Waals surface area contributed by atoms with Gasteiger partial charge in [0.05, 0.1) is 18.8 Å². The van der Waals surface area contributed by atoms with Crippen LogP contribution in [-0.4, -0.2) is 21.9 Å². The van der Waals surface area contributed by atoms with Crippen molar-refractivity contribution in [2.24, 2.45) is 0 Å². The van der Waals surface area contributed by atoms with Crippen LogP contribution in [0, 0.1) is 0 Å². The van der Waals surface area contributed by atoms with Crippen molar-refractivity contribution in [1.29, 1.82) is 0 Å². The first-order valence-electron chi connectivity index (χ1n) is 14.4. The van der Waals surface area contributed by atoms with Crippen molar-refractivity contribution in [2.75, 3.05) is 6.54 Å². The normalized spacial score (nSPS) is 11.8. The van der Waals surface area contributed by atoms with Gasteiger partial charge in [0, 0.05) is 6.54 Å². The highest BCUT2D eigenvalue weighted by molar-refractivity contribution is 5.72. The molecular weight excluding hydrogens is 470 g/mol. The maximum absolute atomic E-state index is 11.1. The summed E-state index contributed by atoms with van der Waals surface area (Å²) in [6.07, 6.45) is 6.53. The Hall–Kier alpha value is -2.50. The van der Waals surface area contributed by atoms with Crippen molar-refractivity contribution >= 4 is 0 Å². The maximum atomic E-state index is 11.1. The summed E-state index contributed by atoms with van der Waals surface area (Å²) in [6, 6.07) is 19.4. The monoisotopic (exact) mass is 517 g/mol. The molecule has 0 saturated carbocycles. The summed E-state index contributed by atoms with van der Waals surface area (Å²) in [7, 11) is 0. The Labute approximate surface area is 229 Å². The number of aryl methyl sites for hydroxylation is 3. The van der Waals surface area contributed by atoms with Crippen LogP contribution < -0.4 is 5.32 Å².